The first-order valence-electron chi connectivity index (χ1n) is 4.35. The van der Waals surface area contributed by atoms with Crippen LogP contribution in [0.3, 0.4) is 0 Å². The summed E-state index contributed by atoms with van der Waals surface area (Å²) in [5.74, 6) is -0.992. The summed E-state index contributed by atoms with van der Waals surface area (Å²) in [6.07, 6.45) is 2.23. The van der Waals surface area contributed by atoms with E-state index in [-0.39, 0.29) is 0 Å². The van der Waals surface area contributed by atoms with Gasteiger partial charge >= 0.3 is 0 Å². The van der Waals surface area contributed by atoms with Crippen molar-refractivity contribution in [1.82, 2.24) is 0 Å². The first-order chi connectivity index (χ1) is 6.69. The van der Waals surface area contributed by atoms with E-state index in [9.17, 15) is 8.78 Å². The average Bonchev–Trinajstić information content (AvgIpc) is 2.94. The van der Waals surface area contributed by atoms with Crippen molar-refractivity contribution in [2.75, 3.05) is 7.05 Å². The summed E-state index contributed by atoms with van der Waals surface area (Å²) in [7, 11) is 1.19. The number of nitrogens with zero attached hydrogens (tertiary/aromatic N) is 1. The molecule has 0 radical (unpaired) electrons. The molecular formula is C10H11F2NO. The summed E-state index contributed by atoms with van der Waals surface area (Å²) in [6.45, 7) is 0. The Bertz CT molecular complexity index is 324. The van der Waals surface area contributed by atoms with E-state index in [2.05, 4.69) is 5.18 Å². The molecule has 1 aliphatic carbocycles. The number of hydrogen-bond donors (Lipinski definition) is 0. The van der Waals surface area contributed by atoms with Gasteiger partial charge in [-0.05, 0) is 36.5 Å². The molecule has 0 aliphatic heterocycles. The zero-order chi connectivity index (χ0) is 10.6. The van der Waals surface area contributed by atoms with Crippen LogP contribution in [0, 0.1) is 16.5 Å². The lowest BCUT2D eigenvalue weighted by Gasteiger charge is -1.97. The van der Waals surface area contributed by atoms with Crippen molar-refractivity contribution in [3.8, 4) is 0 Å². The van der Waals surface area contributed by atoms with Gasteiger partial charge in [-0.25, -0.2) is 8.78 Å². The van der Waals surface area contributed by atoms with E-state index in [1.807, 2.05) is 0 Å². The highest BCUT2D eigenvalue weighted by Gasteiger charge is 2.24. The monoisotopic (exact) mass is 199 g/mol. The zero-order valence-corrected chi connectivity index (χ0v) is 7.84. The summed E-state index contributed by atoms with van der Waals surface area (Å²) < 4.78 is 25.0. The van der Waals surface area contributed by atoms with E-state index in [1.165, 1.54) is 19.2 Å². The zero-order valence-electron chi connectivity index (χ0n) is 7.84. The molecule has 1 fully saturated rings. The fourth-order valence-corrected chi connectivity index (χ4v) is 1.18. The van der Waals surface area contributed by atoms with E-state index in [0.29, 0.717) is 5.92 Å². The molecule has 4 heteroatoms. The average molecular weight is 199 g/mol. The molecule has 0 saturated heterocycles. The van der Waals surface area contributed by atoms with Gasteiger partial charge in [-0.2, -0.15) is 4.91 Å². The standard InChI is InChI=1S/C9H8F2.CH3NO/c10-8-4-3-7(5-9(8)11)6-1-2-6;1-2-3/h3-6H,1-2H2;1H3. The smallest absolute Gasteiger partial charge is 0.159 e. The van der Waals surface area contributed by atoms with Crippen molar-refractivity contribution in [3.05, 3.63) is 40.3 Å². The molecule has 0 amide bonds. The Kier molecular flexibility index (Phi) is 3.68. The Hall–Kier alpha value is -1.32. The van der Waals surface area contributed by atoms with Gasteiger partial charge in [-0.15, -0.1) is 0 Å². The Morgan fingerprint density at radius 2 is 1.86 bits per heavy atom. The van der Waals surface area contributed by atoms with Crippen LogP contribution in [0.2, 0.25) is 0 Å². The molecule has 1 aliphatic rings. The molecule has 0 N–H and O–H groups in total. The largest absolute Gasteiger partial charge is 0.204 e. The molecule has 0 unspecified atom stereocenters. The number of halogens is 2. The van der Waals surface area contributed by atoms with Crippen molar-refractivity contribution in [1.29, 1.82) is 0 Å². The molecule has 0 aromatic heterocycles. The van der Waals surface area contributed by atoms with Gasteiger partial charge in [0.2, 0.25) is 0 Å². The number of rotatable bonds is 1. The van der Waals surface area contributed by atoms with Crippen LogP contribution in [0.25, 0.3) is 0 Å². The molecule has 0 heterocycles. The predicted octanol–water partition coefficient (Wildman–Crippen LogP) is 3.22. The van der Waals surface area contributed by atoms with Crippen molar-refractivity contribution in [3.63, 3.8) is 0 Å². The van der Waals surface area contributed by atoms with Crippen molar-refractivity contribution < 1.29 is 8.78 Å². The quantitative estimate of drug-likeness (QED) is 0.638. The summed E-state index contributed by atoms with van der Waals surface area (Å²) in [6, 6.07) is 4.16. The Morgan fingerprint density at radius 1 is 1.29 bits per heavy atom. The van der Waals surface area contributed by atoms with E-state index in [4.69, 9.17) is 4.91 Å². The Balaban J connectivity index is 0.000000293. The molecule has 1 saturated carbocycles. The molecule has 1 aromatic carbocycles. The van der Waals surface area contributed by atoms with Gasteiger partial charge in [0.1, 0.15) is 0 Å². The molecule has 0 bridgehead atoms. The van der Waals surface area contributed by atoms with E-state index < -0.39 is 11.6 Å². The maximum Gasteiger partial charge on any atom is 0.159 e. The van der Waals surface area contributed by atoms with Crippen LogP contribution in [0.4, 0.5) is 8.78 Å². The van der Waals surface area contributed by atoms with Crippen LogP contribution in [-0.4, -0.2) is 7.05 Å². The van der Waals surface area contributed by atoms with Crippen LogP contribution in [0.15, 0.2) is 23.4 Å². The van der Waals surface area contributed by atoms with Gasteiger partial charge in [0, 0.05) is 0 Å². The normalized spacial score (nSPS) is 14.2. The highest BCUT2D eigenvalue weighted by atomic mass is 19.2. The third kappa shape index (κ3) is 2.87. The van der Waals surface area contributed by atoms with Crippen LogP contribution in [0.5, 0.6) is 0 Å². The first-order valence-corrected chi connectivity index (χ1v) is 4.35. The second kappa shape index (κ2) is 4.79. The second-order valence-electron chi connectivity index (χ2n) is 3.13. The van der Waals surface area contributed by atoms with Gasteiger partial charge in [0.05, 0.1) is 7.05 Å². The molecule has 76 valence electrons. The Morgan fingerprint density at radius 3 is 2.29 bits per heavy atom. The second-order valence-corrected chi connectivity index (χ2v) is 3.13. The molecular weight excluding hydrogens is 188 g/mol. The minimum Gasteiger partial charge on any atom is -0.204 e. The molecule has 2 nitrogen and oxygen atoms in total. The minimum absolute atomic E-state index is 0.491. The molecule has 1 aromatic rings. The minimum atomic E-state index is -0.755. The fraction of sp³-hybridized carbons (Fsp3) is 0.400. The Labute approximate surface area is 80.9 Å². The van der Waals surface area contributed by atoms with Gasteiger partial charge in [0.25, 0.3) is 0 Å². The first kappa shape index (κ1) is 10.8. The van der Waals surface area contributed by atoms with Gasteiger partial charge in [-0.3, -0.25) is 0 Å². The summed E-state index contributed by atoms with van der Waals surface area (Å²) in [5.41, 5.74) is 0.934. The lowest BCUT2D eigenvalue weighted by atomic mass is 10.1. The summed E-state index contributed by atoms with van der Waals surface area (Å²) >= 11 is 0. The lowest BCUT2D eigenvalue weighted by molar-refractivity contribution is 0.507. The molecule has 14 heavy (non-hydrogen) atoms. The van der Waals surface area contributed by atoms with E-state index in [0.717, 1.165) is 18.4 Å². The lowest BCUT2D eigenvalue weighted by Crippen LogP contribution is -1.86. The van der Waals surface area contributed by atoms with Crippen LogP contribution < -0.4 is 0 Å². The molecule has 0 spiro atoms. The van der Waals surface area contributed by atoms with Crippen LogP contribution >= 0.6 is 0 Å². The third-order valence-electron chi connectivity index (χ3n) is 1.99. The van der Waals surface area contributed by atoms with E-state index in [1.54, 1.807) is 6.07 Å². The fourth-order valence-electron chi connectivity index (χ4n) is 1.18. The maximum absolute atomic E-state index is 12.6. The number of benzene rings is 1. The van der Waals surface area contributed by atoms with Crippen molar-refractivity contribution in [2.45, 2.75) is 18.8 Å². The number of hydrogen-bond acceptors (Lipinski definition) is 2. The van der Waals surface area contributed by atoms with Crippen LogP contribution in [-0.2, 0) is 0 Å². The third-order valence-corrected chi connectivity index (χ3v) is 1.99. The van der Waals surface area contributed by atoms with Gasteiger partial charge in [0.15, 0.2) is 11.6 Å². The van der Waals surface area contributed by atoms with Crippen LogP contribution in [0.1, 0.15) is 24.3 Å². The molecule has 0 atom stereocenters. The highest BCUT2D eigenvalue weighted by Crippen LogP contribution is 2.40. The topological polar surface area (TPSA) is 29.4 Å². The summed E-state index contributed by atoms with van der Waals surface area (Å²) in [5, 5.41) is 2.25. The SMILES string of the molecule is CN=O.Fc1ccc(C2CC2)cc1F. The number of nitroso groups, excluding NO2 is 1. The molecule has 2 rings (SSSR count). The predicted molar refractivity (Wildman–Crippen MR) is 50.1 cm³/mol. The van der Waals surface area contributed by atoms with Gasteiger partial charge in [-0.1, -0.05) is 11.2 Å². The highest BCUT2D eigenvalue weighted by molar-refractivity contribution is 5.24. The van der Waals surface area contributed by atoms with Crippen molar-refractivity contribution in [2.24, 2.45) is 5.18 Å². The summed E-state index contributed by atoms with van der Waals surface area (Å²) in [4.78, 5) is 8.56. The van der Waals surface area contributed by atoms with E-state index >= 15 is 0 Å². The van der Waals surface area contributed by atoms with Crippen molar-refractivity contribution >= 4 is 0 Å². The van der Waals surface area contributed by atoms with Gasteiger partial charge < -0.3 is 0 Å². The maximum atomic E-state index is 12.6.